The highest BCUT2D eigenvalue weighted by molar-refractivity contribution is 5.94. The maximum absolute atomic E-state index is 12.3. The van der Waals surface area contributed by atoms with Gasteiger partial charge in [0.2, 0.25) is 0 Å². The predicted octanol–water partition coefficient (Wildman–Crippen LogP) is 0.527. The Bertz CT molecular complexity index is 529. The van der Waals surface area contributed by atoms with Crippen molar-refractivity contribution in [2.75, 3.05) is 31.1 Å². The van der Waals surface area contributed by atoms with Gasteiger partial charge in [-0.15, -0.1) is 0 Å². The third kappa shape index (κ3) is 2.34. The number of hydrogen-bond acceptors (Lipinski definition) is 3. The number of aliphatic carboxylic acids is 1. The Morgan fingerprint density at radius 2 is 2.10 bits per heavy atom. The summed E-state index contributed by atoms with van der Waals surface area (Å²) in [6.07, 6.45) is 0.00684. The molecule has 2 aliphatic rings. The Balaban J connectivity index is 1.76. The van der Waals surface area contributed by atoms with Gasteiger partial charge in [0.25, 0.3) is 0 Å². The van der Waals surface area contributed by atoms with E-state index in [1.54, 1.807) is 17.0 Å². The highest BCUT2D eigenvalue weighted by Crippen LogP contribution is 2.25. The Morgan fingerprint density at radius 1 is 1.35 bits per heavy atom. The van der Waals surface area contributed by atoms with Crippen molar-refractivity contribution in [2.45, 2.75) is 12.5 Å². The molecule has 6 heteroatoms. The molecule has 2 fully saturated rings. The van der Waals surface area contributed by atoms with Gasteiger partial charge in [-0.2, -0.15) is 0 Å². The first kappa shape index (κ1) is 12.9. The number of rotatable bonds is 3. The molecule has 0 bridgehead atoms. The summed E-state index contributed by atoms with van der Waals surface area (Å²) >= 11 is 0. The molecule has 3 rings (SSSR count). The Hall–Kier alpha value is -2.08. The lowest BCUT2D eigenvalue weighted by molar-refractivity contribution is -0.136. The molecule has 2 heterocycles. The predicted molar refractivity (Wildman–Crippen MR) is 73.9 cm³/mol. The van der Waals surface area contributed by atoms with Gasteiger partial charge in [-0.1, -0.05) is 12.1 Å². The van der Waals surface area contributed by atoms with Crippen LogP contribution in [-0.4, -0.2) is 54.2 Å². The standard InChI is InChI=1S/C14H17N3O3/c18-13(19)7-10-1-3-11(4-2-10)17-9-12-8-15-5-6-16(12)14(17)20/h1-4,12,15H,5-9H2,(H,18,19)/t12-/m0/s1. The molecular weight excluding hydrogens is 258 g/mol. The smallest absolute Gasteiger partial charge is 0.324 e. The van der Waals surface area contributed by atoms with Gasteiger partial charge in [0.15, 0.2) is 0 Å². The lowest BCUT2D eigenvalue weighted by Crippen LogP contribution is -2.49. The number of fused-ring (bicyclic) bond motifs is 1. The summed E-state index contributed by atoms with van der Waals surface area (Å²) in [4.78, 5) is 26.7. The lowest BCUT2D eigenvalue weighted by atomic mass is 10.1. The zero-order chi connectivity index (χ0) is 14.1. The molecule has 0 spiro atoms. The zero-order valence-corrected chi connectivity index (χ0v) is 11.1. The third-order valence-corrected chi connectivity index (χ3v) is 3.82. The fourth-order valence-electron chi connectivity index (χ4n) is 2.80. The van der Waals surface area contributed by atoms with Crippen molar-refractivity contribution in [3.63, 3.8) is 0 Å². The van der Waals surface area contributed by atoms with Gasteiger partial charge in [0, 0.05) is 31.9 Å². The largest absolute Gasteiger partial charge is 0.481 e. The molecular formula is C14H17N3O3. The SMILES string of the molecule is O=C(O)Cc1ccc(N2C[C@@H]3CNCCN3C2=O)cc1. The van der Waals surface area contributed by atoms with E-state index < -0.39 is 5.97 Å². The summed E-state index contributed by atoms with van der Waals surface area (Å²) in [5, 5.41) is 12.0. The molecule has 0 radical (unpaired) electrons. The first-order valence-electron chi connectivity index (χ1n) is 6.75. The van der Waals surface area contributed by atoms with Crippen LogP contribution in [0.25, 0.3) is 0 Å². The molecule has 2 saturated heterocycles. The van der Waals surface area contributed by atoms with E-state index >= 15 is 0 Å². The summed E-state index contributed by atoms with van der Waals surface area (Å²) in [5.41, 5.74) is 1.57. The molecule has 1 atom stereocenters. The van der Waals surface area contributed by atoms with Gasteiger partial charge >= 0.3 is 12.0 Å². The first-order valence-corrected chi connectivity index (χ1v) is 6.75. The van der Waals surface area contributed by atoms with Crippen LogP contribution < -0.4 is 10.2 Å². The van der Waals surface area contributed by atoms with E-state index in [4.69, 9.17) is 5.11 Å². The number of benzene rings is 1. The topological polar surface area (TPSA) is 72.9 Å². The minimum Gasteiger partial charge on any atom is -0.481 e. The highest BCUT2D eigenvalue weighted by atomic mass is 16.4. The summed E-state index contributed by atoms with van der Waals surface area (Å²) < 4.78 is 0. The number of carbonyl (C=O) groups is 2. The molecule has 0 aromatic heterocycles. The number of urea groups is 1. The summed E-state index contributed by atoms with van der Waals surface area (Å²) in [6.45, 7) is 3.11. The average molecular weight is 275 g/mol. The molecule has 20 heavy (non-hydrogen) atoms. The van der Waals surface area contributed by atoms with Crippen LogP contribution in [0.5, 0.6) is 0 Å². The van der Waals surface area contributed by atoms with Crippen molar-refractivity contribution in [1.29, 1.82) is 0 Å². The number of nitrogens with zero attached hydrogens (tertiary/aromatic N) is 2. The second-order valence-electron chi connectivity index (χ2n) is 5.18. The Kier molecular flexibility index (Phi) is 3.31. The van der Waals surface area contributed by atoms with Crippen LogP contribution in [0.2, 0.25) is 0 Å². The van der Waals surface area contributed by atoms with Crippen LogP contribution in [0.1, 0.15) is 5.56 Å². The normalized spacial score (nSPS) is 22.0. The number of hydrogen-bond donors (Lipinski definition) is 2. The van der Waals surface area contributed by atoms with Crippen LogP contribution in [-0.2, 0) is 11.2 Å². The van der Waals surface area contributed by atoms with E-state index in [0.29, 0.717) is 6.54 Å². The number of carboxylic acid groups (broad SMARTS) is 1. The minimum absolute atomic E-state index is 0.00684. The summed E-state index contributed by atoms with van der Waals surface area (Å²) in [7, 11) is 0. The molecule has 1 aromatic rings. The number of piperazine rings is 1. The number of anilines is 1. The second kappa shape index (κ2) is 5.13. The first-order chi connectivity index (χ1) is 9.65. The van der Waals surface area contributed by atoms with Crippen LogP contribution in [0, 0.1) is 0 Å². The monoisotopic (exact) mass is 275 g/mol. The maximum atomic E-state index is 12.3. The Morgan fingerprint density at radius 3 is 2.75 bits per heavy atom. The van der Waals surface area contributed by atoms with Crippen molar-refractivity contribution < 1.29 is 14.7 Å². The van der Waals surface area contributed by atoms with Gasteiger partial charge in [-0.25, -0.2) is 4.79 Å². The summed E-state index contributed by atoms with van der Waals surface area (Å²) in [6, 6.07) is 7.46. The number of amides is 2. The average Bonchev–Trinajstić information content (AvgIpc) is 2.77. The molecule has 0 aliphatic carbocycles. The van der Waals surface area contributed by atoms with Crippen LogP contribution in [0.15, 0.2) is 24.3 Å². The molecule has 2 N–H and O–H groups in total. The third-order valence-electron chi connectivity index (χ3n) is 3.82. The van der Waals surface area contributed by atoms with Crippen LogP contribution in [0.3, 0.4) is 0 Å². The molecule has 0 unspecified atom stereocenters. The van der Waals surface area contributed by atoms with Gasteiger partial charge in [0.1, 0.15) is 0 Å². The molecule has 2 aliphatic heterocycles. The quantitative estimate of drug-likeness (QED) is 0.844. The van der Waals surface area contributed by atoms with Crippen LogP contribution in [0.4, 0.5) is 10.5 Å². The van der Waals surface area contributed by atoms with Crippen molar-refractivity contribution >= 4 is 17.7 Å². The van der Waals surface area contributed by atoms with Gasteiger partial charge in [-0.3, -0.25) is 9.69 Å². The molecule has 6 nitrogen and oxygen atoms in total. The molecule has 2 amide bonds. The fourth-order valence-corrected chi connectivity index (χ4v) is 2.80. The number of carbonyl (C=O) groups excluding carboxylic acids is 1. The van der Waals surface area contributed by atoms with E-state index in [2.05, 4.69) is 5.32 Å². The van der Waals surface area contributed by atoms with Gasteiger partial charge in [0.05, 0.1) is 12.5 Å². The van der Waals surface area contributed by atoms with Gasteiger partial charge < -0.3 is 15.3 Å². The van der Waals surface area contributed by atoms with Crippen molar-refractivity contribution in [3.05, 3.63) is 29.8 Å². The van der Waals surface area contributed by atoms with E-state index in [0.717, 1.165) is 30.9 Å². The fraction of sp³-hybridized carbons (Fsp3) is 0.429. The van der Waals surface area contributed by atoms with Crippen LogP contribution >= 0.6 is 0 Å². The van der Waals surface area contributed by atoms with Gasteiger partial charge in [-0.05, 0) is 17.7 Å². The highest BCUT2D eigenvalue weighted by Gasteiger charge is 2.38. The van der Waals surface area contributed by atoms with Crippen molar-refractivity contribution in [3.8, 4) is 0 Å². The number of nitrogens with one attached hydrogen (secondary N) is 1. The second-order valence-corrected chi connectivity index (χ2v) is 5.18. The van der Waals surface area contributed by atoms with E-state index in [-0.39, 0.29) is 18.5 Å². The molecule has 106 valence electrons. The van der Waals surface area contributed by atoms with Crippen molar-refractivity contribution in [1.82, 2.24) is 10.2 Å². The molecule has 1 aromatic carbocycles. The lowest BCUT2D eigenvalue weighted by Gasteiger charge is -2.28. The maximum Gasteiger partial charge on any atom is 0.324 e. The number of carboxylic acids is 1. The van der Waals surface area contributed by atoms with Crippen molar-refractivity contribution in [2.24, 2.45) is 0 Å². The minimum atomic E-state index is -0.849. The molecule has 0 saturated carbocycles. The van der Waals surface area contributed by atoms with E-state index in [1.165, 1.54) is 0 Å². The van der Waals surface area contributed by atoms with E-state index in [9.17, 15) is 9.59 Å². The Labute approximate surface area is 117 Å². The summed E-state index contributed by atoms with van der Waals surface area (Å²) in [5.74, 6) is -0.849. The van der Waals surface area contributed by atoms with E-state index in [1.807, 2.05) is 17.0 Å². The zero-order valence-electron chi connectivity index (χ0n) is 11.1.